The van der Waals surface area contributed by atoms with E-state index in [0.717, 1.165) is 0 Å². The molecule has 0 aliphatic heterocycles. The van der Waals surface area contributed by atoms with Crippen molar-refractivity contribution >= 4 is 29.0 Å². The summed E-state index contributed by atoms with van der Waals surface area (Å²) in [6.45, 7) is 4.59. The van der Waals surface area contributed by atoms with Crippen LogP contribution < -0.4 is 5.32 Å². The minimum Gasteiger partial charge on any atom is -0.481 e. The number of carbonyl (C=O) groups is 3. The maximum atomic E-state index is 11.8. The van der Waals surface area contributed by atoms with Gasteiger partial charge in [-0.2, -0.15) is 0 Å². The van der Waals surface area contributed by atoms with Gasteiger partial charge in [0.2, 0.25) is 0 Å². The van der Waals surface area contributed by atoms with Crippen molar-refractivity contribution in [3.05, 3.63) is 21.9 Å². The highest BCUT2D eigenvalue weighted by molar-refractivity contribution is 7.12. The summed E-state index contributed by atoms with van der Waals surface area (Å²) in [6.07, 6.45) is 0. The number of hydrogen-bond donors (Lipinski definition) is 2. The topological polar surface area (TPSA) is 83.5 Å². The third kappa shape index (κ3) is 3.40. The number of aliphatic carboxylic acids is 1. The molecule has 18 heavy (non-hydrogen) atoms. The van der Waals surface area contributed by atoms with Crippen molar-refractivity contribution < 1.29 is 19.5 Å². The molecule has 0 radical (unpaired) electrons. The summed E-state index contributed by atoms with van der Waals surface area (Å²) in [4.78, 5) is 34.1. The molecule has 0 aliphatic carbocycles. The highest BCUT2D eigenvalue weighted by Crippen LogP contribution is 2.15. The molecule has 0 aromatic carbocycles. The number of nitrogens with one attached hydrogen (secondary N) is 1. The molecule has 1 heterocycles. The van der Waals surface area contributed by atoms with Crippen molar-refractivity contribution in [1.29, 1.82) is 0 Å². The maximum absolute atomic E-state index is 11.8. The normalized spacial score (nSPS) is 13.7. The van der Waals surface area contributed by atoms with Crippen molar-refractivity contribution in [2.45, 2.75) is 26.8 Å². The van der Waals surface area contributed by atoms with E-state index < -0.39 is 17.9 Å². The smallest absolute Gasteiger partial charge is 0.308 e. The zero-order chi connectivity index (χ0) is 13.9. The summed E-state index contributed by atoms with van der Waals surface area (Å²) in [7, 11) is 0. The van der Waals surface area contributed by atoms with E-state index in [1.54, 1.807) is 12.3 Å². The number of amides is 1. The van der Waals surface area contributed by atoms with Gasteiger partial charge in [-0.25, -0.2) is 0 Å². The molecule has 0 saturated carbocycles. The quantitative estimate of drug-likeness (QED) is 0.798. The molecule has 98 valence electrons. The summed E-state index contributed by atoms with van der Waals surface area (Å²) in [5, 5.41) is 13.0. The lowest BCUT2D eigenvalue weighted by atomic mass is 10.0. The van der Waals surface area contributed by atoms with Crippen LogP contribution in [0.4, 0.5) is 0 Å². The Kier molecular flexibility index (Phi) is 4.61. The van der Waals surface area contributed by atoms with Gasteiger partial charge in [-0.3, -0.25) is 14.4 Å². The van der Waals surface area contributed by atoms with Crippen molar-refractivity contribution in [3.8, 4) is 0 Å². The Morgan fingerprint density at radius 2 is 1.94 bits per heavy atom. The zero-order valence-corrected chi connectivity index (χ0v) is 11.2. The highest BCUT2D eigenvalue weighted by atomic mass is 32.1. The molecule has 0 spiro atoms. The van der Waals surface area contributed by atoms with Crippen LogP contribution in [0.1, 0.15) is 40.8 Å². The molecule has 1 rings (SSSR count). The van der Waals surface area contributed by atoms with Crippen molar-refractivity contribution in [2.24, 2.45) is 5.92 Å². The van der Waals surface area contributed by atoms with Crippen LogP contribution in [0.15, 0.2) is 11.4 Å². The Morgan fingerprint density at radius 3 is 2.39 bits per heavy atom. The van der Waals surface area contributed by atoms with E-state index in [-0.39, 0.29) is 11.7 Å². The fourth-order valence-electron chi connectivity index (χ4n) is 1.26. The maximum Gasteiger partial charge on any atom is 0.308 e. The second-order valence-corrected chi connectivity index (χ2v) is 5.06. The predicted molar refractivity (Wildman–Crippen MR) is 68.1 cm³/mol. The van der Waals surface area contributed by atoms with E-state index >= 15 is 0 Å². The number of ketones is 1. The Morgan fingerprint density at radius 1 is 1.33 bits per heavy atom. The summed E-state index contributed by atoms with van der Waals surface area (Å²) >= 11 is 1.17. The van der Waals surface area contributed by atoms with Gasteiger partial charge >= 0.3 is 5.97 Å². The average molecular weight is 269 g/mol. The van der Waals surface area contributed by atoms with Crippen molar-refractivity contribution in [3.63, 3.8) is 0 Å². The molecule has 5 nitrogen and oxygen atoms in total. The SMILES string of the molecule is CC(=O)c1csc(C(=O)NC(C)C(C)C(=O)O)c1. The van der Waals surface area contributed by atoms with E-state index in [1.807, 2.05) is 0 Å². The molecule has 1 amide bonds. The molecule has 0 fully saturated rings. The first kappa shape index (κ1) is 14.4. The number of rotatable bonds is 5. The molecule has 0 bridgehead atoms. The second kappa shape index (κ2) is 5.77. The lowest BCUT2D eigenvalue weighted by Crippen LogP contribution is -2.39. The molecule has 0 saturated heterocycles. The highest BCUT2D eigenvalue weighted by Gasteiger charge is 2.22. The summed E-state index contributed by atoms with van der Waals surface area (Å²) in [5.74, 6) is -2.08. The number of thiophene rings is 1. The van der Waals surface area contributed by atoms with Gasteiger partial charge in [0.1, 0.15) is 0 Å². The van der Waals surface area contributed by atoms with Crippen LogP contribution in [-0.2, 0) is 4.79 Å². The standard InChI is InChI=1S/C12H15NO4S/c1-6(12(16)17)7(2)13-11(15)10-4-9(5-18-10)8(3)14/h4-7H,1-3H3,(H,13,15)(H,16,17). The van der Waals surface area contributed by atoms with Gasteiger partial charge in [0.05, 0.1) is 10.8 Å². The van der Waals surface area contributed by atoms with Gasteiger partial charge in [-0.1, -0.05) is 0 Å². The summed E-state index contributed by atoms with van der Waals surface area (Å²) in [5.41, 5.74) is 0.490. The molecule has 6 heteroatoms. The van der Waals surface area contributed by atoms with E-state index in [0.29, 0.717) is 10.4 Å². The van der Waals surface area contributed by atoms with Crippen LogP contribution >= 0.6 is 11.3 Å². The number of Topliss-reactive ketones (excluding diaryl/α,β-unsaturated/α-hetero) is 1. The van der Waals surface area contributed by atoms with Gasteiger partial charge in [0.15, 0.2) is 5.78 Å². The van der Waals surface area contributed by atoms with Gasteiger partial charge in [0, 0.05) is 17.0 Å². The van der Waals surface area contributed by atoms with Gasteiger partial charge in [-0.05, 0) is 26.8 Å². The zero-order valence-electron chi connectivity index (χ0n) is 10.4. The first-order chi connectivity index (χ1) is 8.32. The van der Waals surface area contributed by atoms with Crippen LogP contribution in [0.2, 0.25) is 0 Å². The fourth-order valence-corrected chi connectivity index (χ4v) is 2.11. The Balaban J connectivity index is 2.70. The number of carbonyl (C=O) groups excluding carboxylic acids is 2. The predicted octanol–water partition coefficient (Wildman–Crippen LogP) is 1.79. The molecular formula is C12H15NO4S. The number of carboxylic acids is 1. The van der Waals surface area contributed by atoms with E-state index in [4.69, 9.17) is 5.11 Å². The van der Waals surface area contributed by atoms with Crippen molar-refractivity contribution in [1.82, 2.24) is 5.32 Å². The summed E-state index contributed by atoms with van der Waals surface area (Å²) in [6, 6.07) is 1.04. The first-order valence-corrected chi connectivity index (χ1v) is 6.34. The lowest BCUT2D eigenvalue weighted by Gasteiger charge is -2.17. The van der Waals surface area contributed by atoms with E-state index in [1.165, 1.54) is 31.3 Å². The van der Waals surface area contributed by atoms with Crippen LogP contribution in [0.5, 0.6) is 0 Å². The van der Waals surface area contributed by atoms with Crippen LogP contribution in [0.25, 0.3) is 0 Å². The lowest BCUT2D eigenvalue weighted by molar-refractivity contribution is -0.141. The molecule has 2 atom stereocenters. The van der Waals surface area contributed by atoms with E-state index in [2.05, 4.69) is 5.32 Å². The minimum absolute atomic E-state index is 0.0998. The molecule has 2 unspecified atom stereocenters. The Bertz CT molecular complexity index is 480. The van der Waals surface area contributed by atoms with Gasteiger partial charge < -0.3 is 10.4 Å². The Hall–Kier alpha value is -1.69. The second-order valence-electron chi connectivity index (χ2n) is 4.14. The van der Waals surface area contributed by atoms with Gasteiger partial charge in [0.25, 0.3) is 5.91 Å². The van der Waals surface area contributed by atoms with Crippen LogP contribution in [0, 0.1) is 5.92 Å². The summed E-state index contributed by atoms with van der Waals surface area (Å²) < 4.78 is 0. The van der Waals surface area contributed by atoms with Crippen LogP contribution in [-0.4, -0.2) is 28.8 Å². The average Bonchev–Trinajstić information content (AvgIpc) is 2.76. The van der Waals surface area contributed by atoms with E-state index in [9.17, 15) is 14.4 Å². The molecular weight excluding hydrogens is 254 g/mol. The molecule has 2 N–H and O–H groups in total. The third-order valence-electron chi connectivity index (χ3n) is 2.73. The van der Waals surface area contributed by atoms with Gasteiger partial charge in [-0.15, -0.1) is 11.3 Å². The number of hydrogen-bond acceptors (Lipinski definition) is 4. The minimum atomic E-state index is -0.960. The molecule has 0 aliphatic rings. The third-order valence-corrected chi connectivity index (χ3v) is 3.66. The molecule has 1 aromatic heterocycles. The van der Waals surface area contributed by atoms with Crippen molar-refractivity contribution in [2.75, 3.05) is 0 Å². The monoisotopic (exact) mass is 269 g/mol. The number of carboxylic acid groups (broad SMARTS) is 1. The Labute approximate surface area is 109 Å². The van der Waals surface area contributed by atoms with Crippen LogP contribution in [0.3, 0.4) is 0 Å². The largest absolute Gasteiger partial charge is 0.481 e. The molecule has 1 aromatic rings. The fraction of sp³-hybridized carbons (Fsp3) is 0.417. The first-order valence-electron chi connectivity index (χ1n) is 5.46.